The van der Waals surface area contributed by atoms with E-state index in [4.69, 9.17) is 0 Å². The summed E-state index contributed by atoms with van der Waals surface area (Å²) in [6, 6.07) is 9.50. The highest BCUT2D eigenvalue weighted by Gasteiger charge is 2.30. The fourth-order valence-electron chi connectivity index (χ4n) is 3.48. The number of carbonyl (C=O) groups excluding carboxylic acids is 2. The van der Waals surface area contributed by atoms with Gasteiger partial charge in [-0.25, -0.2) is 0 Å². The number of allylic oxidation sites excluding steroid dienone is 2. The monoisotopic (exact) mass is 297 g/mol. The van der Waals surface area contributed by atoms with Crippen LogP contribution in [0, 0.1) is 11.8 Å². The summed E-state index contributed by atoms with van der Waals surface area (Å²) < 4.78 is 0. The molecule has 0 aromatic heterocycles. The van der Waals surface area contributed by atoms with Crippen LogP contribution in [0.4, 0.5) is 0 Å². The number of piperidine rings is 1. The van der Waals surface area contributed by atoms with Crippen molar-refractivity contribution in [3.63, 3.8) is 0 Å². The number of Topliss-reactive ketones (excluding diaryl/α,β-unsaturated/α-hetero) is 1. The Hall–Kier alpha value is -1.90. The molecular formula is C19H23NO2. The number of amides is 1. The van der Waals surface area contributed by atoms with E-state index in [9.17, 15) is 9.59 Å². The largest absolute Gasteiger partial charge is 0.342 e. The third kappa shape index (κ3) is 3.29. The van der Waals surface area contributed by atoms with Crippen LogP contribution in [-0.2, 0) is 4.79 Å². The molecule has 1 fully saturated rings. The fraction of sp³-hybridized carbons (Fsp3) is 0.474. The van der Waals surface area contributed by atoms with Gasteiger partial charge in [-0.15, -0.1) is 0 Å². The van der Waals surface area contributed by atoms with Crippen molar-refractivity contribution in [2.75, 3.05) is 13.1 Å². The number of benzene rings is 1. The predicted molar refractivity (Wildman–Crippen MR) is 86.6 cm³/mol. The molecule has 0 saturated carbocycles. The molecule has 1 saturated heterocycles. The van der Waals surface area contributed by atoms with Gasteiger partial charge in [0, 0.05) is 30.5 Å². The molecule has 0 spiro atoms. The van der Waals surface area contributed by atoms with Crippen molar-refractivity contribution in [1.82, 2.24) is 4.90 Å². The summed E-state index contributed by atoms with van der Waals surface area (Å²) in [5.41, 5.74) is 0.796. The second kappa shape index (κ2) is 6.91. The van der Waals surface area contributed by atoms with Crippen LogP contribution in [-0.4, -0.2) is 29.7 Å². The van der Waals surface area contributed by atoms with Crippen molar-refractivity contribution < 1.29 is 9.59 Å². The zero-order chi connectivity index (χ0) is 15.4. The summed E-state index contributed by atoms with van der Waals surface area (Å²) in [6.07, 6.45) is 8.73. The molecule has 1 heterocycles. The highest BCUT2D eigenvalue weighted by Crippen LogP contribution is 2.26. The van der Waals surface area contributed by atoms with Crippen LogP contribution in [0.25, 0.3) is 0 Å². The van der Waals surface area contributed by atoms with E-state index in [0.29, 0.717) is 0 Å². The van der Waals surface area contributed by atoms with Gasteiger partial charge in [0.25, 0.3) is 0 Å². The van der Waals surface area contributed by atoms with E-state index in [1.54, 1.807) is 0 Å². The van der Waals surface area contributed by atoms with Crippen molar-refractivity contribution >= 4 is 11.7 Å². The smallest absolute Gasteiger partial charge is 0.226 e. The van der Waals surface area contributed by atoms with Gasteiger partial charge in [-0.2, -0.15) is 0 Å². The van der Waals surface area contributed by atoms with Gasteiger partial charge in [0.05, 0.1) is 0 Å². The van der Waals surface area contributed by atoms with Crippen molar-refractivity contribution in [3.05, 3.63) is 48.0 Å². The summed E-state index contributed by atoms with van der Waals surface area (Å²) in [7, 11) is 0. The number of ketones is 1. The SMILES string of the molecule is O=C(c1ccccc1)C1CCN(C(=O)[C@@H]2CC=CCC2)CC1. The molecule has 0 radical (unpaired) electrons. The average molecular weight is 297 g/mol. The minimum Gasteiger partial charge on any atom is -0.342 e. The van der Waals surface area contributed by atoms with Crippen molar-refractivity contribution in [3.8, 4) is 0 Å². The number of carbonyl (C=O) groups is 2. The number of hydrogen-bond donors (Lipinski definition) is 0. The first kappa shape index (κ1) is 15.0. The van der Waals surface area contributed by atoms with Gasteiger partial charge in [-0.1, -0.05) is 42.5 Å². The fourth-order valence-corrected chi connectivity index (χ4v) is 3.48. The van der Waals surface area contributed by atoms with Crippen LogP contribution < -0.4 is 0 Å². The Balaban J connectivity index is 1.55. The molecule has 3 rings (SSSR count). The van der Waals surface area contributed by atoms with Gasteiger partial charge in [0.2, 0.25) is 5.91 Å². The molecule has 1 amide bonds. The molecule has 3 nitrogen and oxygen atoms in total. The van der Waals surface area contributed by atoms with Gasteiger partial charge in [-0.3, -0.25) is 9.59 Å². The molecule has 2 aliphatic rings. The van der Waals surface area contributed by atoms with Gasteiger partial charge >= 0.3 is 0 Å². The molecule has 0 N–H and O–H groups in total. The molecule has 1 aliphatic heterocycles. The lowest BCUT2D eigenvalue weighted by Gasteiger charge is -2.34. The minimum atomic E-state index is 0.0673. The van der Waals surface area contributed by atoms with Crippen molar-refractivity contribution in [2.45, 2.75) is 32.1 Å². The molecule has 1 aromatic rings. The van der Waals surface area contributed by atoms with Gasteiger partial charge in [-0.05, 0) is 32.1 Å². The Morgan fingerprint density at radius 3 is 2.27 bits per heavy atom. The second-order valence-electron chi connectivity index (χ2n) is 6.31. The topological polar surface area (TPSA) is 37.4 Å². The second-order valence-corrected chi connectivity index (χ2v) is 6.31. The van der Waals surface area contributed by atoms with Crippen LogP contribution in [0.3, 0.4) is 0 Å². The van der Waals surface area contributed by atoms with E-state index in [0.717, 1.165) is 50.8 Å². The van der Waals surface area contributed by atoms with E-state index in [1.165, 1.54) is 0 Å². The minimum absolute atomic E-state index is 0.0673. The Labute approximate surface area is 132 Å². The Morgan fingerprint density at radius 2 is 1.64 bits per heavy atom. The molecule has 1 atom stereocenters. The van der Waals surface area contributed by atoms with Crippen molar-refractivity contribution in [2.24, 2.45) is 11.8 Å². The van der Waals surface area contributed by atoms with Gasteiger partial charge in [0.1, 0.15) is 0 Å². The Bertz CT molecular complexity index is 556. The lowest BCUT2D eigenvalue weighted by Crippen LogP contribution is -2.43. The van der Waals surface area contributed by atoms with Crippen LogP contribution in [0.1, 0.15) is 42.5 Å². The highest BCUT2D eigenvalue weighted by molar-refractivity contribution is 5.98. The van der Waals surface area contributed by atoms with E-state index < -0.39 is 0 Å². The standard InChI is InChI=1S/C19H23NO2/c21-18(15-7-3-1-4-8-15)16-11-13-20(14-12-16)19(22)17-9-5-2-6-10-17/h1-5,7-8,16-17H,6,9-14H2/t17-/m1/s1. The molecule has 22 heavy (non-hydrogen) atoms. The maximum atomic E-state index is 12.5. The lowest BCUT2D eigenvalue weighted by atomic mass is 9.87. The first-order valence-corrected chi connectivity index (χ1v) is 8.29. The molecule has 1 aromatic carbocycles. The highest BCUT2D eigenvalue weighted by atomic mass is 16.2. The molecule has 3 heteroatoms. The normalized spacial score (nSPS) is 22.5. The molecule has 0 bridgehead atoms. The van der Waals surface area contributed by atoms with E-state index in [1.807, 2.05) is 35.2 Å². The van der Waals surface area contributed by atoms with Crippen LogP contribution in [0.2, 0.25) is 0 Å². The lowest BCUT2D eigenvalue weighted by molar-refractivity contribution is -0.137. The van der Waals surface area contributed by atoms with Crippen LogP contribution in [0.15, 0.2) is 42.5 Å². The molecular weight excluding hydrogens is 274 g/mol. The average Bonchev–Trinajstić information content (AvgIpc) is 2.62. The summed E-state index contributed by atoms with van der Waals surface area (Å²) in [4.78, 5) is 26.9. The van der Waals surface area contributed by atoms with E-state index in [-0.39, 0.29) is 23.5 Å². The Kier molecular flexibility index (Phi) is 4.71. The predicted octanol–water partition coefficient (Wildman–Crippen LogP) is 3.46. The van der Waals surface area contributed by atoms with Gasteiger partial charge in [0.15, 0.2) is 5.78 Å². The third-order valence-corrected chi connectivity index (χ3v) is 4.85. The zero-order valence-electron chi connectivity index (χ0n) is 12.9. The number of likely N-dealkylation sites (tertiary alicyclic amines) is 1. The first-order chi connectivity index (χ1) is 10.8. The number of rotatable bonds is 3. The summed E-state index contributed by atoms with van der Waals surface area (Å²) >= 11 is 0. The number of hydrogen-bond acceptors (Lipinski definition) is 2. The summed E-state index contributed by atoms with van der Waals surface area (Å²) in [5.74, 6) is 0.743. The zero-order valence-corrected chi connectivity index (χ0v) is 12.9. The van der Waals surface area contributed by atoms with Gasteiger partial charge < -0.3 is 4.90 Å². The Morgan fingerprint density at radius 1 is 0.909 bits per heavy atom. The van der Waals surface area contributed by atoms with Crippen LogP contribution in [0.5, 0.6) is 0 Å². The van der Waals surface area contributed by atoms with E-state index >= 15 is 0 Å². The number of nitrogens with zero attached hydrogens (tertiary/aromatic N) is 1. The summed E-state index contributed by atoms with van der Waals surface area (Å²) in [6.45, 7) is 1.45. The maximum absolute atomic E-state index is 12.5. The van der Waals surface area contributed by atoms with E-state index in [2.05, 4.69) is 12.2 Å². The molecule has 0 unspecified atom stereocenters. The molecule has 116 valence electrons. The molecule has 1 aliphatic carbocycles. The van der Waals surface area contributed by atoms with Crippen LogP contribution >= 0.6 is 0 Å². The summed E-state index contributed by atoms with van der Waals surface area (Å²) in [5, 5.41) is 0. The van der Waals surface area contributed by atoms with Crippen molar-refractivity contribution in [1.29, 1.82) is 0 Å². The maximum Gasteiger partial charge on any atom is 0.226 e. The first-order valence-electron chi connectivity index (χ1n) is 8.29. The quantitative estimate of drug-likeness (QED) is 0.633. The third-order valence-electron chi connectivity index (χ3n) is 4.85.